The first kappa shape index (κ1) is 17.0. The largest absolute Gasteiger partial charge is 0.375 e. The average Bonchev–Trinajstić information content (AvgIpc) is 3.07. The van der Waals surface area contributed by atoms with Crippen LogP contribution in [0.3, 0.4) is 0 Å². The van der Waals surface area contributed by atoms with E-state index in [-0.39, 0.29) is 0 Å². The summed E-state index contributed by atoms with van der Waals surface area (Å²) in [4.78, 5) is 2.52. The number of hydrogen-bond donors (Lipinski definition) is 1. The van der Waals surface area contributed by atoms with Crippen LogP contribution in [0, 0.1) is 0 Å². The van der Waals surface area contributed by atoms with Crippen LogP contribution in [-0.2, 0) is 22.9 Å². The number of benzene rings is 2. The topological polar surface area (TPSA) is 49.4 Å². The van der Waals surface area contributed by atoms with E-state index in [4.69, 9.17) is 0 Å². The van der Waals surface area contributed by atoms with Crippen LogP contribution in [0.4, 0.5) is 5.69 Å². The van der Waals surface area contributed by atoms with Crippen molar-refractivity contribution in [2.24, 2.45) is 0 Å². The van der Waals surface area contributed by atoms with Crippen LogP contribution in [0.25, 0.3) is 0 Å². The van der Waals surface area contributed by atoms with Crippen molar-refractivity contribution in [1.82, 2.24) is 4.72 Å². The Bertz CT molecular complexity index is 788. The lowest BCUT2D eigenvalue weighted by atomic mass is 10.1. The van der Waals surface area contributed by atoms with Crippen molar-refractivity contribution in [3.8, 4) is 0 Å². The fourth-order valence-electron chi connectivity index (χ4n) is 3.13. The van der Waals surface area contributed by atoms with Gasteiger partial charge in [-0.3, -0.25) is 0 Å². The number of nitrogens with zero attached hydrogens (tertiary/aromatic N) is 1. The highest BCUT2D eigenvalue weighted by Crippen LogP contribution is 2.24. The van der Waals surface area contributed by atoms with Crippen molar-refractivity contribution in [2.75, 3.05) is 25.0 Å². The lowest BCUT2D eigenvalue weighted by Gasteiger charge is -2.19. The van der Waals surface area contributed by atoms with Gasteiger partial charge in [-0.2, -0.15) is 0 Å². The normalized spacial score (nSPS) is 13.7. The van der Waals surface area contributed by atoms with Crippen LogP contribution in [0.5, 0.6) is 0 Å². The summed E-state index contributed by atoms with van der Waals surface area (Å²) in [5.74, 6) is 0. The first-order valence-electron chi connectivity index (χ1n) is 8.44. The Hall–Kier alpha value is -1.85. The summed E-state index contributed by atoms with van der Waals surface area (Å²) in [6, 6.07) is 15.6. The molecule has 1 aliphatic rings. The second-order valence-corrected chi connectivity index (χ2v) is 8.06. The van der Waals surface area contributed by atoms with Gasteiger partial charge in [0.05, 0.1) is 4.90 Å². The van der Waals surface area contributed by atoms with Gasteiger partial charge in [-0.05, 0) is 61.1 Å². The maximum Gasteiger partial charge on any atom is 0.240 e. The van der Waals surface area contributed by atoms with Crippen LogP contribution in [0.1, 0.15) is 24.0 Å². The van der Waals surface area contributed by atoms with Gasteiger partial charge in [-0.15, -0.1) is 0 Å². The van der Waals surface area contributed by atoms with Crippen molar-refractivity contribution in [3.63, 3.8) is 0 Å². The smallest absolute Gasteiger partial charge is 0.240 e. The van der Waals surface area contributed by atoms with Gasteiger partial charge in [-0.25, -0.2) is 13.1 Å². The molecular weight excluding hydrogens is 320 g/mol. The zero-order valence-corrected chi connectivity index (χ0v) is 14.8. The Morgan fingerprint density at radius 3 is 2.58 bits per heavy atom. The average molecular weight is 344 g/mol. The molecule has 1 aliphatic carbocycles. The molecule has 1 N–H and O–H groups in total. The number of aryl methyl sites for hydroxylation is 2. The molecule has 0 amide bonds. The highest BCUT2D eigenvalue weighted by molar-refractivity contribution is 7.89. The SMILES string of the molecule is CN(CCCNS(=O)(=O)c1ccc2c(c1)CCC2)c1ccccc1. The number of anilines is 1. The van der Waals surface area contributed by atoms with Gasteiger partial charge >= 0.3 is 0 Å². The lowest BCUT2D eigenvalue weighted by molar-refractivity contribution is 0.579. The molecule has 0 saturated heterocycles. The monoisotopic (exact) mass is 344 g/mol. The number of nitrogens with one attached hydrogen (secondary N) is 1. The summed E-state index contributed by atoms with van der Waals surface area (Å²) in [6.45, 7) is 1.24. The standard InChI is InChI=1S/C19H24N2O2S/c1-21(18-9-3-2-4-10-18)14-6-13-20-24(22,23)19-12-11-16-7-5-8-17(16)15-19/h2-4,9-12,15,20H,5-8,13-14H2,1H3. The van der Waals surface area contributed by atoms with Crippen LogP contribution in [-0.4, -0.2) is 28.6 Å². The molecule has 0 bridgehead atoms. The molecule has 0 fully saturated rings. The molecule has 128 valence electrons. The summed E-state index contributed by atoms with van der Waals surface area (Å²) < 4.78 is 27.6. The fraction of sp³-hybridized carbons (Fsp3) is 0.368. The molecule has 2 aromatic rings. The third-order valence-electron chi connectivity index (χ3n) is 4.54. The third kappa shape index (κ3) is 3.97. The second kappa shape index (κ2) is 7.36. The number of sulfonamides is 1. The second-order valence-electron chi connectivity index (χ2n) is 6.29. The number of hydrogen-bond acceptors (Lipinski definition) is 3. The van der Waals surface area contributed by atoms with Crippen molar-refractivity contribution in [2.45, 2.75) is 30.6 Å². The van der Waals surface area contributed by atoms with E-state index in [1.807, 2.05) is 37.4 Å². The van der Waals surface area contributed by atoms with E-state index >= 15 is 0 Å². The summed E-state index contributed by atoms with van der Waals surface area (Å²) in [5.41, 5.74) is 3.61. The van der Waals surface area contributed by atoms with Crippen molar-refractivity contribution >= 4 is 15.7 Å². The number of para-hydroxylation sites is 1. The van der Waals surface area contributed by atoms with E-state index in [1.165, 1.54) is 11.1 Å². The first-order valence-corrected chi connectivity index (χ1v) is 9.92. The Morgan fingerprint density at radius 1 is 1.04 bits per heavy atom. The molecule has 0 heterocycles. The van der Waals surface area contributed by atoms with Crippen molar-refractivity contribution in [3.05, 3.63) is 59.7 Å². The van der Waals surface area contributed by atoms with Crippen LogP contribution in [0.2, 0.25) is 0 Å². The van der Waals surface area contributed by atoms with Gasteiger partial charge in [-0.1, -0.05) is 24.3 Å². The molecule has 0 aliphatic heterocycles. The molecule has 24 heavy (non-hydrogen) atoms. The van der Waals surface area contributed by atoms with Gasteiger partial charge in [0.1, 0.15) is 0 Å². The molecule has 0 spiro atoms. The van der Waals surface area contributed by atoms with Crippen LogP contribution >= 0.6 is 0 Å². The van der Waals surface area contributed by atoms with E-state index < -0.39 is 10.0 Å². The van der Waals surface area contributed by atoms with E-state index in [2.05, 4.69) is 21.8 Å². The van der Waals surface area contributed by atoms with Gasteiger partial charge in [0.2, 0.25) is 10.0 Å². The predicted octanol–water partition coefficient (Wildman–Crippen LogP) is 2.98. The zero-order chi connectivity index (χ0) is 17.0. The van der Waals surface area contributed by atoms with Crippen molar-refractivity contribution in [1.29, 1.82) is 0 Å². The fourth-order valence-corrected chi connectivity index (χ4v) is 4.26. The minimum Gasteiger partial charge on any atom is -0.375 e. The van der Waals surface area contributed by atoms with Crippen molar-refractivity contribution < 1.29 is 8.42 Å². The quantitative estimate of drug-likeness (QED) is 0.786. The molecular formula is C19H24N2O2S. The van der Waals surface area contributed by atoms with Gasteiger partial charge in [0.25, 0.3) is 0 Å². The molecule has 0 atom stereocenters. The third-order valence-corrected chi connectivity index (χ3v) is 6.00. The summed E-state index contributed by atoms with van der Waals surface area (Å²) in [5, 5.41) is 0. The van der Waals surface area contributed by atoms with E-state index in [0.717, 1.165) is 37.9 Å². The van der Waals surface area contributed by atoms with E-state index in [0.29, 0.717) is 11.4 Å². The Labute approximate surface area is 144 Å². The Kier molecular flexibility index (Phi) is 5.21. The van der Waals surface area contributed by atoms with Crippen LogP contribution < -0.4 is 9.62 Å². The molecule has 2 aromatic carbocycles. The molecule has 0 saturated carbocycles. The highest BCUT2D eigenvalue weighted by Gasteiger charge is 2.18. The van der Waals surface area contributed by atoms with E-state index in [1.54, 1.807) is 6.07 Å². The predicted molar refractivity (Wildman–Crippen MR) is 98.0 cm³/mol. The molecule has 0 aromatic heterocycles. The zero-order valence-electron chi connectivity index (χ0n) is 14.0. The maximum atomic E-state index is 12.4. The lowest BCUT2D eigenvalue weighted by Crippen LogP contribution is -2.28. The van der Waals surface area contributed by atoms with E-state index in [9.17, 15) is 8.42 Å². The minimum atomic E-state index is -3.41. The molecule has 4 nitrogen and oxygen atoms in total. The van der Waals surface area contributed by atoms with Gasteiger partial charge < -0.3 is 4.90 Å². The molecule has 0 unspecified atom stereocenters. The Balaban J connectivity index is 1.52. The number of rotatable bonds is 7. The highest BCUT2D eigenvalue weighted by atomic mass is 32.2. The minimum absolute atomic E-state index is 0.388. The maximum absolute atomic E-state index is 12.4. The summed E-state index contributed by atoms with van der Waals surface area (Å²) in [7, 11) is -1.39. The number of fused-ring (bicyclic) bond motifs is 1. The first-order chi connectivity index (χ1) is 11.6. The molecule has 0 radical (unpaired) electrons. The van der Waals surface area contributed by atoms with Gasteiger partial charge in [0.15, 0.2) is 0 Å². The summed E-state index contributed by atoms with van der Waals surface area (Å²) >= 11 is 0. The summed E-state index contributed by atoms with van der Waals surface area (Å²) in [6.07, 6.45) is 3.93. The molecule has 3 rings (SSSR count). The molecule has 5 heteroatoms. The van der Waals surface area contributed by atoms with Crippen LogP contribution in [0.15, 0.2) is 53.4 Å². The van der Waals surface area contributed by atoms with Gasteiger partial charge in [0, 0.05) is 25.8 Å². The Morgan fingerprint density at radius 2 is 1.79 bits per heavy atom.